The zero-order valence-electron chi connectivity index (χ0n) is 15.0. The van der Waals surface area contributed by atoms with Gasteiger partial charge in [0.05, 0.1) is 18.3 Å². The number of imidazole rings is 1. The zero-order chi connectivity index (χ0) is 17.8. The number of hydrogen-bond acceptors (Lipinski definition) is 5. The Bertz CT molecular complexity index is 834. The molecule has 0 unspecified atom stereocenters. The van der Waals surface area contributed by atoms with Crippen LogP contribution in [-0.4, -0.2) is 37.6 Å². The molecule has 6 heteroatoms. The summed E-state index contributed by atoms with van der Waals surface area (Å²) in [7, 11) is 0. The van der Waals surface area contributed by atoms with Crippen molar-refractivity contribution in [1.82, 2.24) is 24.4 Å². The minimum Gasteiger partial charge on any atom is -0.477 e. The maximum absolute atomic E-state index is 5.73. The molecular weight excluding hydrogens is 326 g/mol. The number of ether oxygens (including phenoxy) is 1. The molecule has 1 aliphatic rings. The molecule has 0 aromatic carbocycles. The number of hydrogen-bond donors (Lipinski definition) is 0. The third-order valence-electron chi connectivity index (χ3n) is 4.84. The van der Waals surface area contributed by atoms with Crippen LogP contribution >= 0.6 is 0 Å². The van der Waals surface area contributed by atoms with Gasteiger partial charge in [0, 0.05) is 56.4 Å². The van der Waals surface area contributed by atoms with Gasteiger partial charge in [-0.15, -0.1) is 0 Å². The van der Waals surface area contributed by atoms with E-state index in [0.717, 1.165) is 37.6 Å². The molecule has 1 aliphatic heterocycles. The first-order valence-corrected chi connectivity index (χ1v) is 9.03. The van der Waals surface area contributed by atoms with Crippen LogP contribution < -0.4 is 4.74 Å². The standard InChI is InChI=1S/C20H23N5O/c1-16-20-23-14-18(8-13-26-19-7-3-5-10-22-19)25(20)12-11-24(16)15-17-6-2-4-9-21-17/h2-7,9-10,14,16H,8,11-13,15H2,1H3/t16-/m0/s1. The van der Waals surface area contributed by atoms with Crippen molar-refractivity contribution in [2.24, 2.45) is 0 Å². The van der Waals surface area contributed by atoms with Crippen LogP contribution in [0.5, 0.6) is 5.88 Å². The van der Waals surface area contributed by atoms with Crippen LogP contribution in [0.1, 0.15) is 30.2 Å². The first-order valence-electron chi connectivity index (χ1n) is 9.03. The smallest absolute Gasteiger partial charge is 0.213 e. The Morgan fingerprint density at radius 2 is 1.88 bits per heavy atom. The van der Waals surface area contributed by atoms with E-state index < -0.39 is 0 Å². The van der Waals surface area contributed by atoms with E-state index in [1.165, 1.54) is 5.69 Å². The first-order chi connectivity index (χ1) is 12.8. The summed E-state index contributed by atoms with van der Waals surface area (Å²) in [4.78, 5) is 15.8. The summed E-state index contributed by atoms with van der Waals surface area (Å²) >= 11 is 0. The van der Waals surface area contributed by atoms with Gasteiger partial charge in [0.2, 0.25) is 5.88 Å². The van der Waals surface area contributed by atoms with Crippen molar-refractivity contribution >= 4 is 0 Å². The topological polar surface area (TPSA) is 56.1 Å². The third kappa shape index (κ3) is 3.60. The lowest BCUT2D eigenvalue weighted by Gasteiger charge is -2.34. The van der Waals surface area contributed by atoms with E-state index in [0.29, 0.717) is 12.5 Å². The van der Waals surface area contributed by atoms with E-state index in [1.807, 2.05) is 42.7 Å². The second kappa shape index (κ2) is 7.66. The molecule has 1 atom stereocenters. The van der Waals surface area contributed by atoms with E-state index >= 15 is 0 Å². The summed E-state index contributed by atoms with van der Waals surface area (Å²) in [6.07, 6.45) is 6.41. The van der Waals surface area contributed by atoms with Crippen molar-refractivity contribution in [3.63, 3.8) is 0 Å². The Hall–Kier alpha value is -2.73. The van der Waals surface area contributed by atoms with Gasteiger partial charge in [-0.2, -0.15) is 0 Å². The van der Waals surface area contributed by atoms with Crippen LogP contribution in [0.2, 0.25) is 0 Å². The molecule has 26 heavy (non-hydrogen) atoms. The molecule has 0 amide bonds. The number of fused-ring (bicyclic) bond motifs is 1. The fourth-order valence-electron chi connectivity index (χ4n) is 3.41. The maximum atomic E-state index is 5.73. The maximum Gasteiger partial charge on any atom is 0.213 e. The minimum absolute atomic E-state index is 0.274. The Morgan fingerprint density at radius 1 is 1.04 bits per heavy atom. The van der Waals surface area contributed by atoms with Crippen molar-refractivity contribution in [2.75, 3.05) is 13.2 Å². The molecule has 134 valence electrons. The molecule has 0 spiro atoms. The quantitative estimate of drug-likeness (QED) is 0.685. The Morgan fingerprint density at radius 3 is 2.65 bits per heavy atom. The molecule has 0 N–H and O–H groups in total. The molecule has 3 aromatic rings. The highest BCUT2D eigenvalue weighted by Gasteiger charge is 2.27. The summed E-state index contributed by atoms with van der Waals surface area (Å²) < 4.78 is 8.06. The van der Waals surface area contributed by atoms with Crippen molar-refractivity contribution in [3.8, 4) is 5.88 Å². The number of aromatic nitrogens is 4. The summed E-state index contributed by atoms with van der Waals surface area (Å²) in [6.45, 7) is 5.62. The lowest BCUT2D eigenvalue weighted by molar-refractivity contribution is 0.153. The summed E-state index contributed by atoms with van der Waals surface area (Å²) in [5.41, 5.74) is 2.32. The molecule has 0 fully saturated rings. The molecule has 6 nitrogen and oxygen atoms in total. The van der Waals surface area contributed by atoms with Crippen molar-refractivity contribution in [1.29, 1.82) is 0 Å². The van der Waals surface area contributed by atoms with E-state index in [2.05, 4.69) is 37.4 Å². The van der Waals surface area contributed by atoms with Crippen LogP contribution in [0.4, 0.5) is 0 Å². The monoisotopic (exact) mass is 349 g/mol. The average molecular weight is 349 g/mol. The van der Waals surface area contributed by atoms with Crippen molar-refractivity contribution in [3.05, 3.63) is 72.2 Å². The molecule has 3 aromatic heterocycles. The fraction of sp³-hybridized carbons (Fsp3) is 0.350. The Kier molecular flexibility index (Phi) is 4.93. The summed E-state index contributed by atoms with van der Waals surface area (Å²) in [6, 6.07) is 12.0. The second-order valence-corrected chi connectivity index (χ2v) is 6.49. The highest BCUT2D eigenvalue weighted by molar-refractivity contribution is 5.13. The predicted octanol–water partition coefficient (Wildman–Crippen LogP) is 2.87. The second-order valence-electron chi connectivity index (χ2n) is 6.49. The number of pyridine rings is 2. The van der Waals surface area contributed by atoms with E-state index in [9.17, 15) is 0 Å². The van der Waals surface area contributed by atoms with Gasteiger partial charge >= 0.3 is 0 Å². The SMILES string of the molecule is C[C@H]1c2ncc(CCOc3ccccn3)n2CCN1Cc1ccccn1. The molecule has 4 rings (SSSR count). The normalized spacial score (nSPS) is 17.0. The van der Waals surface area contributed by atoms with Crippen molar-refractivity contribution in [2.45, 2.75) is 32.5 Å². The highest BCUT2D eigenvalue weighted by atomic mass is 16.5. The van der Waals surface area contributed by atoms with Crippen LogP contribution in [0.25, 0.3) is 0 Å². The van der Waals surface area contributed by atoms with E-state index in [-0.39, 0.29) is 6.04 Å². The highest BCUT2D eigenvalue weighted by Crippen LogP contribution is 2.26. The van der Waals surface area contributed by atoms with Gasteiger partial charge in [-0.3, -0.25) is 9.88 Å². The molecule has 0 saturated heterocycles. The third-order valence-corrected chi connectivity index (χ3v) is 4.84. The minimum atomic E-state index is 0.274. The summed E-state index contributed by atoms with van der Waals surface area (Å²) in [5.74, 6) is 1.79. The molecule has 4 heterocycles. The van der Waals surface area contributed by atoms with Crippen LogP contribution in [0.15, 0.2) is 55.0 Å². The van der Waals surface area contributed by atoms with Gasteiger partial charge in [0.25, 0.3) is 0 Å². The summed E-state index contributed by atoms with van der Waals surface area (Å²) in [5, 5.41) is 0. The lowest BCUT2D eigenvalue weighted by atomic mass is 10.2. The lowest BCUT2D eigenvalue weighted by Crippen LogP contribution is -2.37. The van der Waals surface area contributed by atoms with Gasteiger partial charge in [0.1, 0.15) is 5.82 Å². The van der Waals surface area contributed by atoms with E-state index in [4.69, 9.17) is 4.74 Å². The van der Waals surface area contributed by atoms with Gasteiger partial charge in [-0.1, -0.05) is 12.1 Å². The molecule has 0 bridgehead atoms. The molecule has 0 radical (unpaired) electrons. The van der Waals surface area contributed by atoms with Crippen LogP contribution in [0, 0.1) is 0 Å². The number of nitrogens with zero attached hydrogens (tertiary/aromatic N) is 5. The number of rotatable bonds is 6. The largest absolute Gasteiger partial charge is 0.477 e. The van der Waals surface area contributed by atoms with E-state index in [1.54, 1.807) is 6.20 Å². The fourth-order valence-corrected chi connectivity index (χ4v) is 3.41. The van der Waals surface area contributed by atoms with Gasteiger partial charge in [0.15, 0.2) is 0 Å². The predicted molar refractivity (Wildman–Crippen MR) is 98.7 cm³/mol. The van der Waals surface area contributed by atoms with Crippen molar-refractivity contribution < 1.29 is 4.74 Å². The molecule has 0 aliphatic carbocycles. The van der Waals surface area contributed by atoms with Gasteiger partial charge < -0.3 is 9.30 Å². The Balaban J connectivity index is 1.39. The Labute approximate surface area is 153 Å². The van der Waals surface area contributed by atoms with Gasteiger partial charge in [-0.05, 0) is 25.1 Å². The van der Waals surface area contributed by atoms with Crippen LogP contribution in [-0.2, 0) is 19.5 Å². The molecule has 0 saturated carbocycles. The zero-order valence-corrected chi connectivity index (χ0v) is 15.0. The van der Waals surface area contributed by atoms with Crippen LogP contribution in [0.3, 0.4) is 0 Å². The average Bonchev–Trinajstić information content (AvgIpc) is 3.10. The van der Waals surface area contributed by atoms with Gasteiger partial charge in [-0.25, -0.2) is 9.97 Å². The first kappa shape index (κ1) is 16.7. The molecular formula is C20H23N5O.